The first kappa shape index (κ1) is 13.3. The molecule has 98 valence electrons. The van der Waals surface area contributed by atoms with Gasteiger partial charge in [-0.05, 0) is 32.9 Å². The molecule has 1 aromatic heterocycles. The van der Waals surface area contributed by atoms with Crippen molar-refractivity contribution < 1.29 is 4.79 Å². The Bertz CT molecular complexity index is 606. The summed E-state index contributed by atoms with van der Waals surface area (Å²) in [6.45, 7) is 6.83. The minimum Gasteiger partial charge on any atom is -0.289 e. The zero-order chi connectivity index (χ0) is 13.8. The number of aryl methyl sites for hydroxylation is 3. The van der Waals surface area contributed by atoms with E-state index in [1.807, 2.05) is 62.0 Å². The number of carbonyl (C=O) groups is 1. The number of aromatic nitrogens is 2. The van der Waals surface area contributed by atoms with Crippen molar-refractivity contribution in [1.82, 2.24) is 9.78 Å². The van der Waals surface area contributed by atoms with E-state index in [4.69, 9.17) is 0 Å². The quantitative estimate of drug-likeness (QED) is 0.619. The summed E-state index contributed by atoms with van der Waals surface area (Å²) in [4.78, 5) is 12.0. The van der Waals surface area contributed by atoms with Crippen molar-refractivity contribution >= 4 is 11.9 Å². The minimum atomic E-state index is 0.0173. The summed E-state index contributed by atoms with van der Waals surface area (Å²) in [5, 5.41) is 4.35. The first-order valence-electron chi connectivity index (χ1n) is 6.43. The molecule has 0 aliphatic carbocycles. The summed E-state index contributed by atoms with van der Waals surface area (Å²) in [5.74, 6) is 0.0173. The molecule has 0 aliphatic rings. The van der Waals surface area contributed by atoms with Crippen LogP contribution in [0, 0.1) is 13.8 Å². The average molecular weight is 254 g/mol. The maximum atomic E-state index is 12.0. The lowest BCUT2D eigenvalue weighted by Crippen LogP contribution is -1.93. The largest absolute Gasteiger partial charge is 0.289 e. The third-order valence-corrected chi connectivity index (χ3v) is 3.06. The second-order valence-electron chi connectivity index (χ2n) is 4.59. The molecule has 3 nitrogen and oxygen atoms in total. The maximum Gasteiger partial charge on any atom is 0.185 e. The molecule has 2 rings (SSSR count). The summed E-state index contributed by atoms with van der Waals surface area (Å²) in [7, 11) is 0. The molecule has 3 heteroatoms. The van der Waals surface area contributed by atoms with E-state index in [0.29, 0.717) is 5.56 Å². The van der Waals surface area contributed by atoms with Gasteiger partial charge in [0.25, 0.3) is 0 Å². The Kier molecular flexibility index (Phi) is 3.95. The topological polar surface area (TPSA) is 34.9 Å². The van der Waals surface area contributed by atoms with Gasteiger partial charge in [-0.1, -0.05) is 29.8 Å². The average Bonchev–Trinajstić information content (AvgIpc) is 2.77. The van der Waals surface area contributed by atoms with Crippen LogP contribution in [-0.2, 0) is 6.54 Å². The minimum absolute atomic E-state index is 0.0173. The van der Waals surface area contributed by atoms with Crippen LogP contribution in [0.3, 0.4) is 0 Å². The summed E-state index contributed by atoms with van der Waals surface area (Å²) in [6, 6.07) is 7.59. The lowest BCUT2D eigenvalue weighted by molar-refractivity contribution is 0.104. The monoisotopic (exact) mass is 254 g/mol. The third-order valence-electron chi connectivity index (χ3n) is 3.06. The van der Waals surface area contributed by atoms with Crippen LogP contribution < -0.4 is 0 Å². The molecular formula is C16H18N2O. The van der Waals surface area contributed by atoms with Gasteiger partial charge in [-0.3, -0.25) is 9.48 Å². The van der Waals surface area contributed by atoms with Crippen LogP contribution in [-0.4, -0.2) is 15.6 Å². The zero-order valence-corrected chi connectivity index (χ0v) is 11.6. The number of hydrogen-bond donors (Lipinski definition) is 0. The van der Waals surface area contributed by atoms with Crippen LogP contribution >= 0.6 is 0 Å². The van der Waals surface area contributed by atoms with E-state index in [1.54, 1.807) is 6.08 Å². The second-order valence-corrected chi connectivity index (χ2v) is 4.59. The molecule has 19 heavy (non-hydrogen) atoms. The molecule has 1 aromatic carbocycles. The Labute approximate surface area is 113 Å². The fourth-order valence-corrected chi connectivity index (χ4v) is 1.84. The fourth-order valence-electron chi connectivity index (χ4n) is 1.84. The molecule has 0 fully saturated rings. The molecule has 0 N–H and O–H groups in total. The Balaban J connectivity index is 2.15. The van der Waals surface area contributed by atoms with E-state index < -0.39 is 0 Å². The SMILES string of the molecule is CCn1cc(/C=C/C(=O)c2ccc(C)cc2)c(C)n1. The predicted octanol–water partition coefficient (Wildman–Crippen LogP) is 3.42. The molecule has 0 saturated heterocycles. The molecule has 2 aromatic rings. The fraction of sp³-hybridized carbons (Fsp3) is 0.250. The zero-order valence-electron chi connectivity index (χ0n) is 11.6. The molecule has 0 radical (unpaired) electrons. The van der Waals surface area contributed by atoms with Crippen molar-refractivity contribution in [3.05, 3.63) is 58.9 Å². The van der Waals surface area contributed by atoms with Gasteiger partial charge < -0.3 is 0 Å². The van der Waals surface area contributed by atoms with Gasteiger partial charge in [-0.2, -0.15) is 5.10 Å². The molecule has 0 atom stereocenters. The Hall–Kier alpha value is -2.16. The van der Waals surface area contributed by atoms with Gasteiger partial charge in [-0.25, -0.2) is 0 Å². The Morgan fingerprint density at radius 3 is 2.53 bits per heavy atom. The number of rotatable bonds is 4. The van der Waals surface area contributed by atoms with E-state index in [2.05, 4.69) is 5.10 Å². The number of benzene rings is 1. The highest BCUT2D eigenvalue weighted by atomic mass is 16.1. The van der Waals surface area contributed by atoms with Gasteiger partial charge in [0.1, 0.15) is 0 Å². The summed E-state index contributed by atoms with van der Waals surface area (Å²) >= 11 is 0. The van der Waals surface area contributed by atoms with Crippen molar-refractivity contribution in [2.75, 3.05) is 0 Å². The highest BCUT2D eigenvalue weighted by molar-refractivity contribution is 6.06. The summed E-state index contributed by atoms with van der Waals surface area (Å²) in [6.07, 6.45) is 5.39. The molecular weight excluding hydrogens is 236 g/mol. The number of hydrogen-bond acceptors (Lipinski definition) is 2. The number of nitrogens with zero attached hydrogens (tertiary/aromatic N) is 2. The van der Waals surface area contributed by atoms with Gasteiger partial charge in [0.2, 0.25) is 0 Å². The van der Waals surface area contributed by atoms with Crippen molar-refractivity contribution in [1.29, 1.82) is 0 Å². The van der Waals surface area contributed by atoms with E-state index >= 15 is 0 Å². The molecule has 0 saturated carbocycles. The van der Waals surface area contributed by atoms with Gasteiger partial charge in [0, 0.05) is 23.9 Å². The van der Waals surface area contributed by atoms with Crippen LogP contribution in [0.2, 0.25) is 0 Å². The smallest absolute Gasteiger partial charge is 0.185 e. The van der Waals surface area contributed by atoms with E-state index in [0.717, 1.165) is 23.4 Å². The Morgan fingerprint density at radius 1 is 1.26 bits per heavy atom. The highest BCUT2D eigenvalue weighted by Gasteiger charge is 2.03. The summed E-state index contributed by atoms with van der Waals surface area (Å²) in [5.41, 5.74) is 3.79. The number of ketones is 1. The molecule has 0 spiro atoms. The lowest BCUT2D eigenvalue weighted by atomic mass is 10.1. The van der Waals surface area contributed by atoms with E-state index in [-0.39, 0.29) is 5.78 Å². The van der Waals surface area contributed by atoms with Crippen LogP contribution in [0.1, 0.15) is 34.1 Å². The molecule has 0 unspecified atom stereocenters. The standard InChI is InChI=1S/C16H18N2O/c1-4-18-11-15(13(3)17-18)9-10-16(19)14-7-5-12(2)6-8-14/h5-11H,4H2,1-3H3/b10-9+. The van der Waals surface area contributed by atoms with Gasteiger partial charge >= 0.3 is 0 Å². The van der Waals surface area contributed by atoms with E-state index in [1.165, 1.54) is 0 Å². The van der Waals surface area contributed by atoms with Crippen molar-refractivity contribution in [3.63, 3.8) is 0 Å². The Morgan fingerprint density at radius 2 is 1.95 bits per heavy atom. The van der Waals surface area contributed by atoms with Crippen LogP contribution in [0.4, 0.5) is 0 Å². The molecule has 1 heterocycles. The third kappa shape index (κ3) is 3.19. The predicted molar refractivity (Wildman–Crippen MR) is 77.2 cm³/mol. The molecule has 0 amide bonds. The first-order chi connectivity index (χ1) is 9.10. The lowest BCUT2D eigenvalue weighted by Gasteiger charge is -1.96. The molecule has 0 bridgehead atoms. The second kappa shape index (κ2) is 5.65. The first-order valence-corrected chi connectivity index (χ1v) is 6.43. The number of carbonyl (C=O) groups excluding carboxylic acids is 1. The normalized spacial score (nSPS) is 11.1. The van der Waals surface area contributed by atoms with E-state index in [9.17, 15) is 4.79 Å². The highest BCUT2D eigenvalue weighted by Crippen LogP contribution is 2.10. The number of allylic oxidation sites excluding steroid dienone is 1. The van der Waals surface area contributed by atoms with Gasteiger partial charge in [-0.15, -0.1) is 0 Å². The van der Waals surface area contributed by atoms with Gasteiger partial charge in [0.05, 0.1) is 5.69 Å². The van der Waals surface area contributed by atoms with Crippen LogP contribution in [0.25, 0.3) is 6.08 Å². The van der Waals surface area contributed by atoms with Gasteiger partial charge in [0.15, 0.2) is 5.78 Å². The van der Waals surface area contributed by atoms with Crippen LogP contribution in [0.15, 0.2) is 36.5 Å². The van der Waals surface area contributed by atoms with Crippen molar-refractivity contribution in [2.24, 2.45) is 0 Å². The molecule has 0 aliphatic heterocycles. The maximum absolute atomic E-state index is 12.0. The van der Waals surface area contributed by atoms with Crippen molar-refractivity contribution in [3.8, 4) is 0 Å². The van der Waals surface area contributed by atoms with Crippen LogP contribution in [0.5, 0.6) is 0 Å². The summed E-state index contributed by atoms with van der Waals surface area (Å²) < 4.78 is 1.87. The van der Waals surface area contributed by atoms with Crippen molar-refractivity contribution in [2.45, 2.75) is 27.3 Å².